The number of likely N-dealkylation sites (tertiary alicyclic amines) is 1. The molecule has 12 heteroatoms. The van der Waals surface area contributed by atoms with Crippen LogP contribution in [0.15, 0.2) is 36.9 Å². The van der Waals surface area contributed by atoms with Crippen LogP contribution in [-0.4, -0.2) is 65.1 Å². The standard InChI is InChI=1S/C27H32ClN7O4/c1-26(2,3)39-25(37)33-8-6-18(7-9-33)34-14-16-10-22(20(27(4,5)38)11-21(16)32-34)31-24(36)19-13-30-35-15-17(28)12-29-23(19)35/h10-15,18,38H,6-9H2,1-5H3,(H,31,36). The van der Waals surface area contributed by atoms with Crippen molar-refractivity contribution < 1.29 is 19.4 Å². The van der Waals surface area contributed by atoms with Crippen molar-refractivity contribution in [1.82, 2.24) is 29.3 Å². The van der Waals surface area contributed by atoms with E-state index in [1.165, 1.54) is 16.9 Å². The summed E-state index contributed by atoms with van der Waals surface area (Å²) in [5.41, 5.74) is 0.565. The fourth-order valence-corrected chi connectivity index (χ4v) is 4.87. The maximum atomic E-state index is 13.2. The zero-order valence-corrected chi connectivity index (χ0v) is 23.4. The number of aliphatic hydroxyl groups is 1. The Morgan fingerprint density at radius 2 is 1.82 bits per heavy atom. The Balaban J connectivity index is 1.39. The van der Waals surface area contributed by atoms with E-state index in [-0.39, 0.29) is 17.7 Å². The molecule has 39 heavy (non-hydrogen) atoms. The number of benzene rings is 1. The lowest BCUT2D eigenvalue weighted by Gasteiger charge is -2.33. The second-order valence-corrected chi connectivity index (χ2v) is 11.8. The van der Waals surface area contributed by atoms with Crippen molar-refractivity contribution in [3.8, 4) is 0 Å². The van der Waals surface area contributed by atoms with Gasteiger partial charge in [-0.25, -0.2) is 14.3 Å². The number of fused-ring (bicyclic) bond motifs is 2. The zero-order valence-electron chi connectivity index (χ0n) is 22.6. The Hall–Kier alpha value is -3.70. The average Bonchev–Trinajstić information content (AvgIpc) is 3.45. The fraction of sp³-hybridized carbons (Fsp3) is 0.444. The Bertz CT molecular complexity index is 1560. The molecule has 0 unspecified atom stereocenters. The lowest BCUT2D eigenvalue weighted by atomic mass is 9.95. The molecule has 1 aromatic carbocycles. The maximum absolute atomic E-state index is 13.2. The van der Waals surface area contributed by atoms with Gasteiger partial charge in [-0.15, -0.1) is 0 Å². The number of amides is 2. The molecule has 0 saturated carbocycles. The van der Waals surface area contributed by atoms with Crippen LogP contribution in [0.5, 0.6) is 0 Å². The number of hydrogen-bond acceptors (Lipinski definition) is 7. The molecule has 4 aromatic rings. The van der Waals surface area contributed by atoms with Crippen LogP contribution < -0.4 is 5.32 Å². The monoisotopic (exact) mass is 553 g/mol. The highest BCUT2D eigenvalue weighted by Crippen LogP contribution is 2.34. The van der Waals surface area contributed by atoms with Gasteiger partial charge in [0.15, 0.2) is 5.65 Å². The number of carbonyl (C=O) groups excluding carboxylic acids is 2. The highest BCUT2D eigenvalue weighted by molar-refractivity contribution is 6.30. The molecule has 0 aliphatic carbocycles. The Labute approximate surface area is 230 Å². The molecule has 1 aliphatic rings. The summed E-state index contributed by atoms with van der Waals surface area (Å²) in [6.45, 7) is 10.0. The molecule has 3 aromatic heterocycles. The van der Waals surface area contributed by atoms with E-state index in [1.54, 1.807) is 31.0 Å². The Morgan fingerprint density at radius 1 is 1.10 bits per heavy atom. The number of piperidine rings is 1. The minimum atomic E-state index is -1.24. The van der Waals surface area contributed by atoms with Gasteiger partial charge in [0, 0.05) is 42.1 Å². The van der Waals surface area contributed by atoms with E-state index in [0.29, 0.717) is 40.5 Å². The topological polar surface area (TPSA) is 127 Å². The number of halogens is 1. The number of rotatable bonds is 4. The van der Waals surface area contributed by atoms with Crippen molar-refractivity contribution in [3.05, 3.63) is 53.1 Å². The van der Waals surface area contributed by atoms with Crippen molar-refractivity contribution in [2.45, 2.75) is 64.7 Å². The van der Waals surface area contributed by atoms with Crippen LogP contribution in [0.1, 0.15) is 69.4 Å². The van der Waals surface area contributed by atoms with Crippen LogP contribution in [-0.2, 0) is 10.3 Å². The zero-order chi connectivity index (χ0) is 28.1. The molecule has 11 nitrogen and oxygen atoms in total. The number of ether oxygens (including phenoxy) is 1. The Kier molecular flexibility index (Phi) is 6.76. The lowest BCUT2D eigenvalue weighted by Crippen LogP contribution is -2.42. The first kappa shape index (κ1) is 26.9. The third kappa shape index (κ3) is 5.69. The van der Waals surface area contributed by atoms with Crippen molar-refractivity contribution in [3.63, 3.8) is 0 Å². The summed E-state index contributed by atoms with van der Waals surface area (Å²) in [5.74, 6) is -0.411. The minimum Gasteiger partial charge on any atom is -0.444 e. The molecule has 1 saturated heterocycles. The number of nitrogens with zero attached hydrogens (tertiary/aromatic N) is 6. The predicted molar refractivity (Wildman–Crippen MR) is 147 cm³/mol. The van der Waals surface area contributed by atoms with E-state index in [9.17, 15) is 14.7 Å². The second kappa shape index (κ2) is 9.80. The minimum absolute atomic E-state index is 0.108. The first-order valence-corrected chi connectivity index (χ1v) is 13.2. The van der Waals surface area contributed by atoms with E-state index >= 15 is 0 Å². The second-order valence-electron chi connectivity index (χ2n) is 11.4. The number of carbonyl (C=O) groups is 2. The van der Waals surface area contributed by atoms with Crippen LogP contribution in [0.4, 0.5) is 10.5 Å². The van der Waals surface area contributed by atoms with Crippen LogP contribution in [0.3, 0.4) is 0 Å². The van der Waals surface area contributed by atoms with Gasteiger partial charge < -0.3 is 20.1 Å². The van der Waals surface area contributed by atoms with E-state index in [0.717, 1.165) is 18.2 Å². The highest BCUT2D eigenvalue weighted by atomic mass is 35.5. The number of anilines is 1. The molecule has 1 fully saturated rings. The van der Waals surface area contributed by atoms with Gasteiger partial charge in [-0.2, -0.15) is 10.2 Å². The molecule has 0 atom stereocenters. The molecule has 2 N–H and O–H groups in total. The third-order valence-electron chi connectivity index (χ3n) is 6.63. The normalized spacial score (nSPS) is 15.2. The Morgan fingerprint density at radius 3 is 2.49 bits per heavy atom. The summed E-state index contributed by atoms with van der Waals surface area (Å²) >= 11 is 5.98. The van der Waals surface area contributed by atoms with Gasteiger partial charge in [-0.05, 0) is 59.6 Å². The average molecular weight is 554 g/mol. The van der Waals surface area contributed by atoms with Gasteiger partial charge in [0.2, 0.25) is 0 Å². The van der Waals surface area contributed by atoms with Crippen molar-refractivity contribution in [2.24, 2.45) is 0 Å². The molecule has 0 spiro atoms. The summed E-state index contributed by atoms with van der Waals surface area (Å²) < 4.78 is 8.86. The number of nitrogens with one attached hydrogen (secondary N) is 1. The van der Waals surface area contributed by atoms with Gasteiger partial charge >= 0.3 is 6.09 Å². The summed E-state index contributed by atoms with van der Waals surface area (Å²) in [4.78, 5) is 31.6. The summed E-state index contributed by atoms with van der Waals surface area (Å²) in [5, 5.41) is 24.0. The van der Waals surface area contributed by atoms with Crippen molar-refractivity contribution >= 4 is 45.8 Å². The fourth-order valence-electron chi connectivity index (χ4n) is 4.73. The molecule has 0 bridgehead atoms. The number of aromatic nitrogens is 5. The van der Waals surface area contributed by atoms with E-state index in [1.807, 2.05) is 37.7 Å². The maximum Gasteiger partial charge on any atom is 0.410 e. The smallest absolute Gasteiger partial charge is 0.410 e. The summed E-state index contributed by atoms with van der Waals surface area (Å²) in [6, 6.07) is 3.72. The first-order valence-electron chi connectivity index (χ1n) is 12.8. The quantitative estimate of drug-likeness (QED) is 0.372. The van der Waals surface area contributed by atoms with E-state index in [4.69, 9.17) is 21.4 Å². The van der Waals surface area contributed by atoms with E-state index in [2.05, 4.69) is 15.4 Å². The first-order chi connectivity index (χ1) is 18.3. The summed E-state index contributed by atoms with van der Waals surface area (Å²) in [6.07, 6.45) is 7.56. The van der Waals surface area contributed by atoms with Crippen LogP contribution in [0.2, 0.25) is 5.02 Å². The molecule has 5 rings (SSSR count). The SMILES string of the molecule is CC(C)(C)OC(=O)N1CCC(n2cc3cc(NC(=O)c4cnn5cc(Cl)cnc45)c(C(C)(C)O)cc3n2)CC1. The van der Waals surface area contributed by atoms with Crippen LogP contribution in [0, 0.1) is 0 Å². The summed E-state index contributed by atoms with van der Waals surface area (Å²) in [7, 11) is 0. The van der Waals surface area contributed by atoms with E-state index < -0.39 is 17.1 Å². The molecular weight excluding hydrogens is 522 g/mol. The molecule has 1 aliphatic heterocycles. The largest absolute Gasteiger partial charge is 0.444 e. The number of hydrogen-bond donors (Lipinski definition) is 2. The van der Waals surface area contributed by atoms with Crippen molar-refractivity contribution in [2.75, 3.05) is 18.4 Å². The van der Waals surface area contributed by atoms with Gasteiger partial charge in [0.25, 0.3) is 5.91 Å². The van der Waals surface area contributed by atoms with Crippen LogP contribution >= 0.6 is 11.6 Å². The van der Waals surface area contributed by atoms with Gasteiger partial charge in [-0.1, -0.05) is 11.6 Å². The lowest BCUT2D eigenvalue weighted by molar-refractivity contribution is 0.0185. The molecular formula is C27H32ClN7O4. The highest BCUT2D eigenvalue weighted by Gasteiger charge is 2.29. The van der Waals surface area contributed by atoms with Gasteiger partial charge in [-0.3, -0.25) is 9.48 Å². The third-order valence-corrected chi connectivity index (χ3v) is 6.82. The molecule has 4 heterocycles. The van der Waals surface area contributed by atoms with Crippen LogP contribution in [0.25, 0.3) is 16.6 Å². The van der Waals surface area contributed by atoms with Gasteiger partial charge in [0.05, 0.1) is 34.6 Å². The molecule has 2 amide bonds. The predicted octanol–water partition coefficient (Wildman–Crippen LogP) is 4.78. The van der Waals surface area contributed by atoms with Gasteiger partial charge in [0.1, 0.15) is 11.2 Å². The van der Waals surface area contributed by atoms with Crippen molar-refractivity contribution in [1.29, 1.82) is 0 Å². The molecule has 0 radical (unpaired) electrons. The molecule has 206 valence electrons.